The lowest BCUT2D eigenvalue weighted by atomic mass is 10.2. The van der Waals surface area contributed by atoms with E-state index in [1.54, 1.807) is 0 Å². The molecule has 0 amide bonds. The van der Waals surface area contributed by atoms with Crippen LogP contribution in [0.3, 0.4) is 0 Å². The minimum absolute atomic E-state index is 0.0346. The van der Waals surface area contributed by atoms with Crippen LogP contribution in [0.15, 0.2) is 53.8 Å². The Morgan fingerprint density at radius 1 is 1.50 bits per heavy atom. The van der Waals surface area contributed by atoms with Crippen LogP contribution in [0.2, 0.25) is 0 Å². The van der Waals surface area contributed by atoms with Crippen LogP contribution < -0.4 is 11.1 Å². The predicted octanol–water partition coefficient (Wildman–Crippen LogP) is 0.933. The maximum absolute atomic E-state index is 11.4. The summed E-state index contributed by atoms with van der Waals surface area (Å²) < 4.78 is 5.03. The standard InChI is InChI=1S/C13H15N3O2/c1-2-8-15-13(14)16-9-12(17)18-10-11-6-4-3-5-7-11/h3-8H,1,9-10H2,(H3,14,15,16). The summed E-state index contributed by atoms with van der Waals surface area (Å²) >= 11 is 0. The summed E-state index contributed by atoms with van der Waals surface area (Å²) in [5, 5.41) is 2.61. The Morgan fingerprint density at radius 2 is 2.22 bits per heavy atom. The van der Waals surface area contributed by atoms with E-state index in [9.17, 15) is 4.79 Å². The van der Waals surface area contributed by atoms with Gasteiger partial charge in [0.25, 0.3) is 0 Å². The van der Waals surface area contributed by atoms with Gasteiger partial charge in [-0.3, -0.25) is 4.79 Å². The zero-order chi connectivity index (χ0) is 13.2. The van der Waals surface area contributed by atoms with Crippen molar-refractivity contribution in [2.75, 3.05) is 6.54 Å². The number of aliphatic imine (C=N–C) groups is 1. The Balaban J connectivity index is 2.28. The molecular weight excluding hydrogens is 230 g/mol. The molecule has 0 unspecified atom stereocenters. The summed E-state index contributed by atoms with van der Waals surface area (Å²) in [6, 6.07) is 9.43. The molecule has 0 aromatic heterocycles. The second-order valence-corrected chi connectivity index (χ2v) is 3.35. The Morgan fingerprint density at radius 3 is 2.89 bits per heavy atom. The Kier molecular flexibility index (Phi) is 5.80. The maximum atomic E-state index is 11.4. The molecule has 0 heterocycles. The second-order valence-electron chi connectivity index (χ2n) is 3.35. The van der Waals surface area contributed by atoms with Gasteiger partial charge in [-0.25, -0.2) is 4.99 Å². The van der Waals surface area contributed by atoms with Crippen LogP contribution >= 0.6 is 0 Å². The van der Waals surface area contributed by atoms with Gasteiger partial charge in [0.15, 0.2) is 5.96 Å². The predicted molar refractivity (Wildman–Crippen MR) is 69.6 cm³/mol. The summed E-state index contributed by atoms with van der Waals surface area (Å²) in [6.45, 7) is 3.53. The van der Waals surface area contributed by atoms with Crippen LogP contribution in [0.25, 0.3) is 0 Å². The normalized spacial score (nSPS) is 10.3. The highest BCUT2D eigenvalue weighted by Gasteiger charge is 2.03. The molecule has 5 heteroatoms. The second kappa shape index (κ2) is 7.70. The van der Waals surface area contributed by atoms with Gasteiger partial charge in [0, 0.05) is 0 Å². The number of rotatable bonds is 5. The van der Waals surface area contributed by atoms with Crippen molar-refractivity contribution < 1.29 is 9.53 Å². The number of carbonyl (C=O) groups is 1. The summed E-state index contributed by atoms with van der Waals surface area (Å²) in [4.78, 5) is 15.1. The number of nitrogens with two attached hydrogens (primary N) is 1. The Bertz CT molecular complexity index is 462. The molecule has 0 aliphatic carbocycles. The van der Waals surface area contributed by atoms with E-state index in [0.29, 0.717) is 0 Å². The van der Waals surface area contributed by atoms with Crippen molar-refractivity contribution in [3.05, 3.63) is 54.4 Å². The lowest BCUT2D eigenvalue weighted by Crippen LogP contribution is -2.36. The number of ether oxygens (including phenoxy) is 1. The van der Waals surface area contributed by atoms with E-state index in [4.69, 9.17) is 10.5 Å². The number of benzene rings is 1. The van der Waals surface area contributed by atoms with Gasteiger partial charge >= 0.3 is 5.97 Å². The highest BCUT2D eigenvalue weighted by atomic mass is 16.5. The molecular formula is C13H15N3O2. The van der Waals surface area contributed by atoms with Gasteiger partial charge in [-0.1, -0.05) is 36.9 Å². The number of esters is 1. The first-order valence-electron chi connectivity index (χ1n) is 5.33. The molecule has 0 saturated heterocycles. The van der Waals surface area contributed by atoms with Crippen LogP contribution in [-0.4, -0.2) is 18.5 Å². The molecule has 0 aliphatic heterocycles. The molecule has 0 fully saturated rings. The van der Waals surface area contributed by atoms with E-state index in [2.05, 4.69) is 22.6 Å². The third-order valence-corrected chi connectivity index (χ3v) is 1.95. The van der Waals surface area contributed by atoms with Crippen LogP contribution in [0.1, 0.15) is 5.56 Å². The van der Waals surface area contributed by atoms with Crippen LogP contribution in [-0.2, 0) is 16.1 Å². The molecule has 0 bridgehead atoms. The minimum Gasteiger partial charge on any atom is -0.460 e. The zero-order valence-electron chi connectivity index (χ0n) is 9.93. The van der Waals surface area contributed by atoms with E-state index in [1.807, 2.05) is 30.3 Å². The Labute approximate surface area is 106 Å². The lowest BCUT2D eigenvalue weighted by Gasteiger charge is -2.06. The molecule has 0 radical (unpaired) electrons. The Hall–Kier alpha value is -2.52. The molecule has 1 rings (SSSR count). The lowest BCUT2D eigenvalue weighted by molar-refractivity contribution is -0.143. The van der Waals surface area contributed by atoms with E-state index in [-0.39, 0.29) is 19.1 Å². The quantitative estimate of drug-likeness (QED) is 0.350. The third kappa shape index (κ3) is 5.53. The smallest absolute Gasteiger partial charge is 0.325 e. The van der Waals surface area contributed by atoms with Crippen molar-refractivity contribution >= 4 is 11.9 Å². The molecule has 1 aromatic rings. The van der Waals surface area contributed by atoms with E-state index in [0.717, 1.165) is 5.56 Å². The molecule has 3 N–H and O–H groups in total. The van der Waals surface area contributed by atoms with Gasteiger partial charge in [-0.05, 0) is 5.56 Å². The first-order chi connectivity index (χ1) is 8.72. The minimum atomic E-state index is -0.403. The van der Waals surface area contributed by atoms with E-state index < -0.39 is 5.97 Å². The van der Waals surface area contributed by atoms with Gasteiger partial charge in [0.2, 0.25) is 0 Å². The number of nitrogens with one attached hydrogen (secondary N) is 1. The number of hydrogen-bond acceptors (Lipinski definition) is 3. The molecule has 1 aromatic carbocycles. The summed E-state index contributed by atoms with van der Waals surface area (Å²) in [5.41, 5.74) is 8.81. The topological polar surface area (TPSA) is 76.7 Å². The zero-order valence-corrected chi connectivity index (χ0v) is 9.93. The number of nitrogens with zero attached hydrogens (tertiary/aromatic N) is 1. The van der Waals surface area contributed by atoms with Crippen molar-refractivity contribution in [1.82, 2.24) is 5.32 Å². The molecule has 18 heavy (non-hydrogen) atoms. The molecule has 94 valence electrons. The van der Waals surface area contributed by atoms with Crippen molar-refractivity contribution in [1.29, 1.82) is 0 Å². The van der Waals surface area contributed by atoms with Gasteiger partial charge in [0.05, 0.1) is 6.20 Å². The fourth-order valence-corrected chi connectivity index (χ4v) is 1.11. The largest absolute Gasteiger partial charge is 0.460 e. The summed E-state index contributed by atoms with van der Waals surface area (Å²) in [6.07, 6.45) is 1.30. The van der Waals surface area contributed by atoms with Crippen LogP contribution in [0.5, 0.6) is 0 Å². The molecule has 0 aliphatic rings. The molecule has 5 nitrogen and oxygen atoms in total. The van der Waals surface area contributed by atoms with E-state index in [1.165, 1.54) is 6.20 Å². The average Bonchev–Trinajstić information content (AvgIpc) is 2.41. The van der Waals surface area contributed by atoms with Crippen molar-refractivity contribution in [2.24, 2.45) is 10.7 Å². The summed E-state index contributed by atoms with van der Waals surface area (Å²) in [5.74, 6) is -0.289. The van der Waals surface area contributed by atoms with Crippen molar-refractivity contribution in [3.8, 4) is 0 Å². The number of guanidine groups is 1. The van der Waals surface area contributed by atoms with Crippen molar-refractivity contribution in [3.63, 3.8) is 0 Å². The first-order valence-corrected chi connectivity index (χ1v) is 5.33. The molecule has 0 saturated carbocycles. The monoisotopic (exact) mass is 245 g/mol. The first kappa shape index (κ1) is 13.5. The van der Waals surface area contributed by atoms with Gasteiger partial charge in [-0.2, -0.15) is 0 Å². The van der Waals surface area contributed by atoms with Crippen LogP contribution in [0, 0.1) is 0 Å². The highest BCUT2D eigenvalue weighted by molar-refractivity contribution is 5.83. The van der Waals surface area contributed by atoms with Crippen molar-refractivity contribution in [2.45, 2.75) is 6.61 Å². The van der Waals surface area contributed by atoms with Crippen LogP contribution in [0.4, 0.5) is 0 Å². The SMILES string of the molecule is C=C=CN=C(N)NCC(=O)OCc1ccccc1. The third-order valence-electron chi connectivity index (χ3n) is 1.95. The fourth-order valence-electron chi connectivity index (χ4n) is 1.11. The van der Waals surface area contributed by atoms with Gasteiger partial charge in [-0.15, -0.1) is 5.73 Å². The number of carbonyl (C=O) groups excluding carboxylic acids is 1. The maximum Gasteiger partial charge on any atom is 0.325 e. The average molecular weight is 245 g/mol. The molecule has 0 spiro atoms. The fraction of sp³-hybridized carbons (Fsp3) is 0.154. The molecule has 0 atom stereocenters. The number of hydrogen-bond donors (Lipinski definition) is 2. The van der Waals surface area contributed by atoms with Gasteiger partial charge < -0.3 is 15.8 Å². The van der Waals surface area contributed by atoms with E-state index >= 15 is 0 Å². The summed E-state index contributed by atoms with van der Waals surface area (Å²) in [7, 11) is 0. The highest BCUT2D eigenvalue weighted by Crippen LogP contribution is 2.00. The van der Waals surface area contributed by atoms with Gasteiger partial charge in [0.1, 0.15) is 13.2 Å².